The summed E-state index contributed by atoms with van der Waals surface area (Å²) in [6, 6.07) is 3.24. The minimum absolute atomic E-state index is 0.0983. The van der Waals surface area contributed by atoms with Crippen molar-refractivity contribution in [1.29, 1.82) is 0 Å². The minimum Gasteiger partial charge on any atom is -0.454 e. The van der Waals surface area contributed by atoms with E-state index in [1.54, 1.807) is 19.1 Å². The Bertz CT molecular complexity index is 588. The predicted octanol–water partition coefficient (Wildman–Crippen LogP) is 0.00810. The summed E-state index contributed by atoms with van der Waals surface area (Å²) in [5.74, 6) is 0.994. The molecule has 2 amide bonds. The van der Waals surface area contributed by atoms with Crippen LogP contribution in [0.2, 0.25) is 0 Å². The summed E-state index contributed by atoms with van der Waals surface area (Å²) < 4.78 is 5.33. The fourth-order valence-electron chi connectivity index (χ4n) is 2.41. The molecule has 23 heavy (non-hydrogen) atoms. The van der Waals surface area contributed by atoms with Crippen molar-refractivity contribution < 1.29 is 14.0 Å². The van der Waals surface area contributed by atoms with E-state index in [9.17, 15) is 9.59 Å². The summed E-state index contributed by atoms with van der Waals surface area (Å²) in [7, 11) is 0. The third-order valence-corrected chi connectivity index (χ3v) is 3.65. The molecular weight excluding hydrogens is 298 g/mol. The zero-order valence-electron chi connectivity index (χ0n) is 13.5. The highest BCUT2D eigenvalue weighted by molar-refractivity contribution is 5.89. The van der Waals surface area contributed by atoms with Crippen molar-refractivity contribution in [2.24, 2.45) is 10.7 Å². The number of rotatable bonds is 4. The molecule has 0 aromatic carbocycles. The maximum absolute atomic E-state index is 11.4. The number of guanidine groups is 1. The van der Waals surface area contributed by atoms with E-state index < -0.39 is 5.91 Å². The van der Waals surface area contributed by atoms with E-state index in [-0.39, 0.29) is 11.7 Å². The van der Waals surface area contributed by atoms with Crippen molar-refractivity contribution in [1.82, 2.24) is 15.1 Å². The Hall–Kier alpha value is -2.51. The normalized spacial score (nSPS) is 15.7. The van der Waals surface area contributed by atoms with Gasteiger partial charge in [0.05, 0.1) is 0 Å². The van der Waals surface area contributed by atoms with Gasteiger partial charge in [0.1, 0.15) is 12.3 Å². The van der Waals surface area contributed by atoms with Crippen molar-refractivity contribution in [2.45, 2.75) is 20.4 Å². The van der Waals surface area contributed by atoms with Crippen molar-refractivity contribution in [3.05, 3.63) is 23.7 Å². The average Bonchev–Trinajstić information content (AvgIpc) is 3.01. The maximum atomic E-state index is 11.4. The van der Waals surface area contributed by atoms with Crippen LogP contribution in [0.15, 0.2) is 21.5 Å². The molecule has 0 atom stereocenters. The highest BCUT2D eigenvalue weighted by Gasteiger charge is 2.20. The molecule has 3 N–H and O–H groups in total. The lowest BCUT2D eigenvalue weighted by atomic mass is 10.3. The van der Waals surface area contributed by atoms with Crippen LogP contribution in [0.1, 0.15) is 30.2 Å². The van der Waals surface area contributed by atoms with Gasteiger partial charge in [-0.1, -0.05) is 0 Å². The van der Waals surface area contributed by atoms with E-state index in [1.807, 2.05) is 11.8 Å². The van der Waals surface area contributed by atoms with Crippen molar-refractivity contribution in [2.75, 3.05) is 32.7 Å². The Morgan fingerprint density at radius 1 is 1.26 bits per heavy atom. The van der Waals surface area contributed by atoms with Crippen molar-refractivity contribution in [3.8, 4) is 0 Å². The van der Waals surface area contributed by atoms with Gasteiger partial charge >= 0.3 is 0 Å². The van der Waals surface area contributed by atoms with E-state index in [0.717, 1.165) is 25.6 Å². The number of amides is 2. The molecule has 2 rings (SSSR count). The van der Waals surface area contributed by atoms with Gasteiger partial charge in [-0.05, 0) is 19.1 Å². The third-order valence-electron chi connectivity index (χ3n) is 3.65. The molecule has 126 valence electrons. The van der Waals surface area contributed by atoms with Crippen LogP contribution in [-0.2, 0) is 11.3 Å². The fourth-order valence-corrected chi connectivity index (χ4v) is 2.41. The fraction of sp³-hybridized carbons (Fsp3) is 0.533. The van der Waals surface area contributed by atoms with E-state index in [1.165, 1.54) is 0 Å². The smallest absolute Gasteiger partial charge is 0.284 e. The monoisotopic (exact) mass is 321 g/mol. The van der Waals surface area contributed by atoms with Crippen LogP contribution in [-0.4, -0.2) is 60.3 Å². The highest BCUT2D eigenvalue weighted by Crippen LogP contribution is 2.09. The van der Waals surface area contributed by atoms with Gasteiger partial charge in [-0.25, -0.2) is 4.99 Å². The molecule has 8 heteroatoms. The lowest BCUT2D eigenvalue weighted by Gasteiger charge is -2.36. The largest absolute Gasteiger partial charge is 0.454 e. The lowest BCUT2D eigenvalue weighted by Crippen LogP contribution is -2.53. The van der Waals surface area contributed by atoms with Gasteiger partial charge in [0.25, 0.3) is 5.91 Å². The summed E-state index contributed by atoms with van der Waals surface area (Å²) in [6.45, 7) is 7.49. The standard InChI is InChI=1S/C15H23N5O3/c1-3-17-15(20-8-6-19(7-9-20)11(2)21)18-10-12-4-5-13(23-12)14(16)22/h4-5H,3,6-10H2,1-2H3,(H2,16,22)(H,17,18). The number of furan rings is 1. The van der Waals surface area contributed by atoms with Crippen LogP contribution >= 0.6 is 0 Å². The predicted molar refractivity (Wildman–Crippen MR) is 85.9 cm³/mol. The van der Waals surface area contributed by atoms with Crippen LogP contribution < -0.4 is 11.1 Å². The molecule has 8 nitrogen and oxygen atoms in total. The third kappa shape index (κ3) is 4.48. The van der Waals surface area contributed by atoms with Crippen LogP contribution in [0.25, 0.3) is 0 Å². The number of hydrogen-bond acceptors (Lipinski definition) is 4. The molecule has 1 aliphatic rings. The molecule has 1 aliphatic heterocycles. The first kappa shape index (κ1) is 16.9. The molecule has 0 bridgehead atoms. The number of carbonyl (C=O) groups excluding carboxylic acids is 2. The highest BCUT2D eigenvalue weighted by atomic mass is 16.3. The minimum atomic E-state index is -0.590. The summed E-state index contributed by atoms with van der Waals surface area (Å²) in [5, 5.41) is 3.24. The van der Waals surface area contributed by atoms with Crippen LogP contribution in [0.3, 0.4) is 0 Å². The lowest BCUT2D eigenvalue weighted by molar-refractivity contribution is -0.130. The van der Waals surface area contributed by atoms with Gasteiger partial charge < -0.3 is 25.3 Å². The molecule has 1 fully saturated rings. The average molecular weight is 321 g/mol. The summed E-state index contributed by atoms with van der Waals surface area (Å²) in [6.07, 6.45) is 0. The van der Waals surface area contributed by atoms with Gasteiger partial charge in [-0.15, -0.1) is 0 Å². The Balaban J connectivity index is 1.99. The zero-order chi connectivity index (χ0) is 16.8. The SMILES string of the molecule is CCNC(=NCc1ccc(C(N)=O)o1)N1CCN(C(C)=O)CC1. The zero-order valence-corrected chi connectivity index (χ0v) is 13.5. The number of nitrogens with one attached hydrogen (secondary N) is 1. The second-order valence-electron chi connectivity index (χ2n) is 5.29. The second kappa shape index (κ2) is 7.66. The first-order valence-corrected chi connectivity index (χ1v) is 7.68. The Kier molecular flexibility index (Phi) is 5.61. The Labute approximate surface area is 135 Å². The molecule has 0 unspecified atom stereocenters. The van der Waals surface area contributed by atoms with E-state index in [0.29, 0.717) is 25.4 Å². The first-order chi connectivity index (χ1) is 11.0. The van der Waals surface area contributed by atoms with Gasteiger partial charge in [0.2, 0.25) is 5.91 Å². The molecule has 1 aromatic heterocycles. The Morgan fingerprint density at radius 3 is 2.43 bits per heavy atom. The van der Waals surface area contributed by atoms with Crippen molar-refractivity contribution in [3.63, 3.8) is 0 Å². The van der Waals surface area contributed by atoms with E-state index in [2.05, 4.69) is 15.2 Å². The van der Waals surface area contributed by atoms with E-state index >= 15 is 0 Å². The van der Waals surface area contributed by atoms with Gasteiger partial charge in [0, 0.05) is 39.6 Å². The molecule has 0 aliphatic carbocycles. The number of nitrogens with two attached hydrogens (primary N) is 1. The van der Waals surface area contributed by atoms with Crippen LogP contribution in [0.5, 0.6) is 0 Å². The van der Waals surface area contributed by atoms with Gasteiger partial charge in [0.15, 0.2) is 11.7 Å². The number of hydrogen-bond donors (Lipinski definition) is 2. The molecule has 0 spiro atoms. The summed E-state index contributed by atoms with van der Waals surface area (Å²) in [4.78, 5) is 30.9. The number of primary amides is 1. The van der Waals surface area contributed by atoms with Crippen LogP contribution in [0.4, 0.5) is 0 Å². The molecule has 0 radical (unpaired) electrons. The van der Waals surface area contributed by atoms with Crippen molar-refractivity contribution >= 4 is 17.8 Å². The second-order valence-corrected chi connectivity index (χ2v) is 5.29. The van der Waals surface area contributed by atoms with Crippen LogP contribution in [0, 0.1) is 0 Å². The maximum Gasteiger partial charge on any atom is 0.284 e. The number of carbonyl (C=O) groups is 2. The van der Waals surface area contributed by atoms with E-state index in [4.69, 9.17) is 10.2 Å². The summed E-state index contributed by atoms with van der Waals surface area (Å²) >= 11 is 0. The number of piperazine rings is 1. The molecule has 1 aromatic rings. The number of aliphatic imine (C=N–C) groups is 1. The molecular formula is C15H23N5O3. The first-order valence-electron chi connectivity index (χ1n) is 7.68. The quantitative estimate of drug-likeness (QED) is 0.600. The molecule has 0 saturated carbocycles. The molecule has 2 heterocycles. The number of nitrogens with zero attached hydrogens (tertiary/aromatic N) is 3. The topological polar surface area (TPSA) is 104 Å². The van der Waals surface area contributed by atoms with Gasteiger partial charge in [-0.2, -0.15) is 0 Å². The van der Waals surface area contributed by atoms with Gasteiger partial charge in [-0.3, -0.25) is 9.59 Å². The molecule has 1 saturated heterocycles. The summed E-state index contributed by atoms with van der Waals surface area (Å²) in [5.41, 5.74) is 5.16. The Morgan fingerprint density at radius 2 is 1.91 bits per heavy atom.